The zero-order chi connectivity index (χ0) is 22.8. The first-order chi connectivity index (χ1) is 14.9. The first-order valence-electron chi connectivity index (χ1n) is 10.2. The van der Waals surface area contributed by atoms with E-state index in [0.717, 1.165) is 38.6 Å². The quantitative estimate of drug-likeness (QED) is 0.534. The van der Waals surface area contributed by atoms with Crippen molar-refractivity contribution in [2.24, 2.45) is 5.92 Å². The maximum absolute atomic E-state index is 13.0. The van der Waals surface area contributed by atoms with E-state index in [2.05, 4.69) is 17.1 Å². The molecule has 1 atom stereocenters. The largest absolute Gasteiger partial charge is 0.496 e. The minimum absolute atomic E-state index is 0.00505. The van der Waals surface area contributed by atoms with Crippen LogP contribution in [-0.2, 0) is 9.59 Å². The third-order valence-electron chi connectivity index (χ3n) is 5.38. The molecule has 170 valence electrons. The first kappa shape index (κ1) is 24.2. The van der Waals surface area contributed by atoms with Crippen molar-refractivity contribution in [3.63, 3.8) is 0 Å². The molecule has 31 heavy (non-hydrogen) atoms. The molecule has 0 spiro atoms. The Bertz CT molecular complexity index is 767. The van der Waals surface area contributed by atoms with Crippen LogP contribution < -0.4 is 9.47 Å². The molecule has 1 heterocycles. The number of carbonyl (C=O) groups excluding carboxylic acids is 1. The molecular weight excluding hydrogens is 404 g/mol. The van der Waals surface area contributed by atoms with Gasteiger partial charge in [-0.25, -0.2) is 9.59 Å². The molecule has 0 saturated carbocycles. The van der Waals surface area contributed by atoms with Gasteiger partial charge in [0.25, 0.3) is 5.91 Å². The van der Waals surface area contributed by atoms with E-state index in [1.54, 1.807) is 14.2 Å². The number of aliphatic carboxylic acids is 2. The van der Waals surface area contributed by atoms with Gasteiger partial charge in [0.1, 0.15) is 17.1 Å². The van der Waals surface area contributed by atoms with Gasteiger partial charge in [-0.3, -0.25) is 9.69 Å². The van der Waals surface area contributed by atoms with Gasteiger partial charge in [0, 0.05) is 32.7 Å². The first-order valence-corrected chi connectivity index (χ1v) is 10.2. The van der Waals surface area contributed by atoms with Gasteiger partial charge in [-0.05, 0) is 37.3 Å². The maximum atomic E-state index is 13.0. The maximum Gasteiger partial charge on any atom is 0.414 e. The molecule has 1 aromatic rings. The van der Waals surface area contributed by atoms with E-state index in [-0.39, 0.29) is 5.91 Å². The number of benzene rings is 1. The monoisotopic (exact) mass is 434 g/mol. The number of carboxylic acids is 2. The lowest BCUT2D eigenvalue weighted by Crippen LogP contribution is -2.49. The SMILES string of the molecule is COc1cccc(OC)c1C(=O)N1CCN(CC2CC=CCC2)CC1.O=C(O)C(=O)O. The van der Waals surface area contributed by atoms with E-state index in [9.17, 15) is 4.79 Å². The van der Waals surface area contributed by atoms with Gasteiger partial charge in [0.2, 0.25) is 0 Å². The number of carboxylic acid groups (broad SMARTS) is 2. The molecule has 1 saturated heterocycles. The molecule has 1 unspecified atom stereocenters. The van der Waals surface area contributed by atoms with Crippen LogP contribution in [0.4, 0.5) is 0 Å². The minimum Gasteiger partial charge on any atom is -0.496 e. The molecule has 0 aromatic heterocycles. The Balaban J connectivity index is 0.000000501. The molecule has 1 aliphatic carbocycles. The van der Waals surface area contributed by atoms with Crippen LogP contribution in [-0.4, -0.2) is 84.8 Å². The zero-order valence-electron chi connectivity index (χ0n) is 18.0. The summed E-state index contributed by atoms with van der Waals surface area (Å²) in [6, 6.07) is 5.45. The molecule has 1 aliphatic heterocycles. The Morgan fingerprint density at radius 3 is 2.00 bits per heavy atom. The van der Waals surface area contributed by atoms with Crippen LogP contribution in [0.15, 0.2) is 30.4 Å². The lowest BCUT2D eigenvalue weighted by molar-refractivity contribution is -0.159. The van der Waals surface area contributed by atoms with Crippen molar-refractivity contribution < 1.29 is 34.1 Å². The van der Waals surface area contributed by atoms with E-state index in [1.807, 2.05) is 23.1 Å². The summed E-state index contributed by atoms with van der Waals surface area (Å²) in [6.07, 6.45) is 8.28. The molecule has 0 radical (unpaired) electrons. The fourth-order valence-corrected chi connectivity index (χ4v) is 3.74. The molecule has 2 N–H and O–H groups in total. The Kier molecular flexibility index (Phi) is 9.33. The smallest absolute Gasteiger partial charge is 0.414 e. The number of rotatable bonds is 5. The fourth-order valence-electron chi connectivity index (χ4n) is 3.74. The van der Waals surface area contributed by atoms with Gasteiger partial charge in [-0.1, -0.05) is 18.2 Å². The number of nitrogens with zero attached hydrogens (tertiary/aromatic N) is 2. The van der Waals surface area contributed by atoms with E-state index < -0.39 is 11.9 Å². The molecule has 3 rings (SSSR count). The van der Waals surface area contributed by atoms with Crippen LogP contribution >= 0.6 is 0 Å². The summed E-state index contributed by atoms with van der Waals surface area (Å²) in [5, 5.41) is 14.8. The van der Waals surface area contributed by atoms with Gasteiger partial charge in [-0.2, -0.15) is 0 Å². The molecule has 0 bridgehead atoms. The number of hydrogen-bond acceptors (Lipinski definition) is 6. The van der Waals surface area contributed by atoms with Gasteiger partial charge >= 0.3 is 11.9 Å². The zero-order valence-corrected chi connectivity index (χ0v) is 18.0. The summed E-state index contributed by atoms with van der Waals surface area (Å²) < 4.78 is 10.8. The van der Waals surface area contributed by atoms with Crippen molar-refractivity contribution in [3.8, 4) is 11.5 Å². The number of methoxy groups -OCH3 is 2. The van der Waals surface area contributed by atoms with Crippen LogP contribution in [0.2, 0.25) is 0 Å². The number of piperazine rings is 1. The molecule has 2 aliphatic rings. The highest BCUT2D eigenvalue weighted by Gasteiger charge is 2.27. The summed E-state index contributed by atoms with van der Waals surface area (Å²) in [5.74, 6) is -1.75. The third kappa shape index (κ3) is 6.99. The average molecular weight is 434 g/mol. The normalized spacial score (nSPS) is 18.5. The minimum atomic E-state index is -1.82. The number of ether oxygens (including phenoxy) is 2. The number of allylic oxidation sites excluding steroid dienone is 2. The second kappa shape index (κ2) is 11.9. The lowest BCUT2D eigenvalue weighted by atomic mass is 9.94. The number of carbonyl (C=O) groups is 3. The molecule has 1 amide bonds. The average Bonchev–Trinajstić information content (AvgIpc) is 2.79. The predicted octanol–water partition coefficient (Wildman–Crippen LogP) is 1.97. The van der Waals surface area contributed by atoms with E-state index in [0.29, 0.717) is 17.1 Å². The number of amides is 1. The molecule has 9 heteroatoms. The standard InChI is InChI=1S/C20H28N2O3.C2H2O4/c1-24-17-9-6-10-18(25-2)19(17)20(23)22-13-11-21(12-14-22)15-16-7-4-3-5-8-16;3-1(4)2(5)6/h3-4,6,9-10,16H,5,7-8,11-15H2,1-2H3;(H,3,4)(H,5,6). The van der Waals surface area contributed by atoms with Crippen LogP contribution in [0.25, 0.3) is 0 Å². The molecule has 9 nitrogen and oxygen atoms in total. The highest BCUT2D eigenvalue weighted by Crippen LogP contribution is 2.30. The van der Waals surface area contributed by atoms with Crippen molar-refractivity contribution in [1.82, 2.24) is 9.80 Å². The molecule has 1 aromatic carbocycles. The van der Waals surface area contributed by atoms with Crippen LogP contribution in [0.5, 0.6) is 11.5 Å². The highest BCUT2D eigenvalue weighted by molar-refractivity contribution is 6.27. The van der Waals surface area contributed by atoms with E-state index >= 15 is 0 Å². The van der Waals surface area contributed by atoms with Crippen LogP contribution in [0.1, 0.15) is 29.6 Å². The predicted molar refractivity (Wildman–Crippen MR) is 114 cm³/mol. The summed E-state index contributed by atoms with van der Waals surface area (Å²) >= 11 is 0. The van der Waals surface area contributed by atoms with Crippen molar-refractivity contribution in [2.75, 3.05) is 46.9 Å². The Hall–Kier alpha value is -3.07. The highest BCUT2D eigenvalue weighted by atomic mass is 16.5. The van der Waals surface area contributed by atoms with Crippen molar-refractivity contribution >= 4 is 17.8 Å². The Morgan fingerprint density at radius 2 is 1.55 bits per heavy atom. The topological polar surface area (TPSA) is 117 Å². The van der Waals surface area contributed by atoms with Crippen molar-refractivity contribution in [1.29, 1.82) is 0 Å². The second-order valence-electron chi connectivity index (χ2n) is 7.39. The van der Waals surface area contributed by atoms with Gasteiger partial charge in [0.15, 0.2) is 0 Å². The Labute approximate surface area is 181 Å². The summed E-state index contributed by atoms with van der Waals surface area (Å²) in [4.78, 5) is 35.6. The van der Waals surface area contributed by atoms with Gasteiger partial charge in [-0.15, -0.1) is 0 Å². The van der Waals surface area contributed by atoms with Gasteiger partial charge in [0.05, 0.1) is 14.2 Å². The third-order valence-corrected chi connectivity index (χ3v) is 5.38. The van der Waals surface area contributed by atoms with E-state index in [4.69, 9.17) is 29.3 Å². The van der Waals surface area contributed by atoms with E-state index in [1.165, 1.54) is 19.3 Å². The fraction of sp³-hybridized carbons (Fsp3) is 0.500. The summed E-state index contributed by atoms with van der Waals surface area (Å²) in [7, 11) is 3.17. The van der Waals surface area contributed by atoms with Gasteiger partial charge < -0.3 is 24.6 Å². The van der Waals surface area contributed by atoms with Crippen molar-refractivity contribution in [2.45, 2.75) is 19.3 Å². The molecule has 1 fully saturated rings. The summed E-state index contributed by atoms with van der Waals surface area (Å²) in [5.41, 5.74) is 0.526. The van der Waals surface area contributed by atoms with Crippen molar-refractivity contribution in [3.05, 3.63) is 35.9 Å². The molecular formula is C22H30N2O7. The lowest BCUT2D eigenvalue weighted by Gasteiger charge is -2.37. The van der Waals surface area contributed by atoms with Crippen LogP contribution in [0.3, 0.4) is 0 Å². The summed E-state index contributed by atoms with van der Waals surface area (Å²) in [6.45, 7) is 4.52. The number of hydrogen-bond donors (Lipinski definition) is 2. The second-order valence-corrected chi connectivity index (χ2v) is 7.39. The van der Waals surface area contributed by atoms with Crippen LogP contribution in [0, 0.1) is 5.92 Å². The Morgan fingerprint density at radius 1 is 0.968 bits per heavy atom.